The number of rotatable bonds is 3. The van der Waals surface area contributed by atoms with Crippen molar-refractivity contribution in [1.82, 2.24) is 4.90 Å². The minimum absolute atomic E-state index is 0.266. The molecule has 1 fully saturated rings. The van der Waals surface area contributed by atoms with Crippen molar-refractivity contribution in [3.8, 4) is 6.07 Å². The van der Waals surface area contributed by atoms with Gasteiger partial charge in [-0.25, -0.2) is 0 Å². The Hall–Kier alpha value is -0.850. The van der Waals surface area contributed by atoms with Crippen LogP contribution in [0.2, 0.25) is 0 Å². The number of hydrogen-bond acceptors (Lipinski definition) is 3. The van der Waals surface area contributed by atoms with Gasteiger partial charge in [-0.05, 0) is 37.3 Å². The van der Waals surface area contributed by atoms with Gasteiger partial charge < -0.3 is 4.90 Å². The van der Waals surface area contributed by atoms with Gasteiger partial charge in [0.05, 0.1) is 12.0 Å². The van der Waals surface area contributed by atoms with Gasteiger partial charge in [0, 0.05) is 18.0 Å². The SMILES string of the molecule is N#CC1CCCN(CCc2cccs2)C1. The largest absolute Gasteiger partial charge is 0.302 e. The molecule has 1 aromatic heterocycles. The first-order chi connectivity index (χ1) is 7.38. The van der Waals surface area contributed by atoms with Crippen LogP contribution >= 0.6 is 11.3 Å². The first kappa shape index (κ1) is 10.7. The number of piperidine rings is 1. The van der Waals surface area contributed by atoms with Crippen molar-refractivity contribution in [3.63, 3.8) is 0 Å². The van der Waals surface area contributed by atoms with Crippen molar-refractivity contribution < 1.29 is 0 Å². The van der Waals surface area contributed by atoms with Gasteiger partial charge in [-0.1, -0.05) is 6.07 Å². The topological polar surface area (TPSA) is 27.0 Å². The molecule has 0 spiro atoms. The second-order valence-corrected chi connectivity index (χ2v) is 5.13. The summed E-state index contributed by atoms with van der Waals surface area (Å²) in [5.74, 6) is 0.266. The summed E-state index contributed by atoms with van der Waals surface area (Å²) in [6, 6.07) is 6.68. The van der Waals surface area contributed by atoms with Gasteiger partial charge in [0.25, 0.3) is 0 Å². The highest BCUT2D eigenvalue weighted by Crippen LogP contribution is 2.16. The Balaban J connectivity index is 1.77. The Labute approximate surface area is 95.1 Å². The molecule has 1 aromatic rings. The van der Waals surface area contributed by atoms with Crippen LogP contribution in [0.1, 0.15) is 17.7 Å². The highest BCUT2D eigenvalue weighted by atomic mass is 32.1. The predicted octanol–water partition coefficient (Wildman–Crippen LogP) is 2.53. The summed E-state index contributed by atoms with van der Waals surface area (Å²) < 4.78 is 0. The van der Waals surface area contributed by atoms with Gasteiger partial charge in [0.15, 0.2) is 0 Å². The highest BCUT2D eigenvalue weighted by molar-refractivity contribution is 7.09. The summed E-state index contributed by atoms with van der Waals surface area (Å²) in [7, 11) is 0. The minimum atomic E-state index is 0.266. The third kappa shape index (κ3) is 3.05. The molecule has 80 valence electrons. The quantitative estimate of drug-likeness (QED) is 0.782. The average molecular weight is 220 g/mol. The molecule has 15 heavy (non-hydrogen) atoms. The lowest BCUT2D eigenvalue weighted by Gasteiger charge is -2.29. The zero-order valence-corrected chi connectivity index (χ0v) is 9.67. The Morgan fingerprint density at radius 3 is 3.27 bits per heavy atom. The Kier molecular flexibility index (Phi) is 3.76. The fourth-order valence-corrected chi connectivity index (χ4v) is 2.79. The molecule has 0 aliphatic carbocycles. The molecule has 1 aliphatic heterocycles. The molecule has 1 saturated heterocycles. The lowest BCUT2D eigenvalue weighted by atomic mass is 10.00. The molecular weight excluding hydrogens is 204 g/mol. The molecular formula is C12H16N2S. The highest BCUT2D eigenvalue weighted by Gasteiger charge is 2.18. The van der Waals surface area contributed by atoms with E-state index in [1.807, 2.05) is 11.3 Å². The fraction of sp³-hybridized carbons (Fsp3) is 0.583. The zero-order chi connectivity index (χ0) is 10.5. The van der Waals surface area contributed by atoms with Crippen LogP contribution in [-0.2, 0) is 6.42 Å². The molecule has 0 amide bonds. The van der Waals surface area contributed by atoms with Crippen molar-refractivity contribution >= 4 is 11.3 Å². The van der Waals surface area contributed by atoms with Crippen LogP contribution in [0, 0.1) is 17.2 Å². The van der Waals surface area contributed by atoms with Gasteiger partial charge >= 0.3 is 0 Å². The number of hydrogen-bond donors (Lipinski definition) is 0. The van der Waals surface area contributed by atoms with Gasteiger partial charge in [0.2, 0.25) is 0 Å². The van der Waals surface area contributed by atoms with Crippen LogP contribution in [-0.4, -0.2) is 24.5 Å². The molecule has 0 bridgehead atoms. The first-order valence-electron chi connectivity index (χ1n) is 5.53. The number of thiophene rings is 1. The Morgan fingerprint density at radius 1 is 1.60 bits per heavy atom. The minimum Gasteiger partial charge on any atom is -0.302 e. The van der Waals surface area contributed by atoms with E-state index in [2.05, 4.69) is 28.5 Å². The third-order valence-electron chi connectivity index (χ3n) is 2.94. The Morgan fingerprint density at radius 2 is 2.53 bits per heavy atom. The molecule has 2 rings (SSSR count). The van der Waals surface area contributed by atoms with E-state index in [0.717, 1.165) is 25.9 Å². The molecule has 1 unspecified atom stereocenters. The van der Waals surface area contributed by atoms with E-state index < -0.39 is 0 Å². The number of nitrogens with zero attached hydrogens (tertiary/aromatic N) is 2. The first-order valence-corrected chi connectivity index (χ1v) is 6.41. The molecule has 0 aromatic carbocycles. The standard InChI is InChI=1S/C12H16N2S/c13-9-11-3-1-6-14(10-11)7-5-12-4-2-8-15-12/h2,4,8,11H,1,3,5-7,10H2. The van der Waals surface area contributed by atoms with Gasteiger partial charge in [-0.2, -0.15) is 5.26 Å². The van der Waals surface area contributed by atoms with E-state index in [1.54, 1.807) is 0 Å². The molecule has 0 saturated carbocycles. The molecule has 2 heterocycles. The summed E-state index contributed by atoms with van der Waals surface area (Å²) in [5, 5.41) is 11.0. The summed E-state index contributed by atoms with van der Waals surface area (Å²) in [6.45, 7) is 3.25. The van der Waals surface area contributed by atoms with E-state index in [4.69, 9.17) is 5.26 Å². The van der Waals surface area contributed by atoms with E-state index in [1.165, 1.54) is 17.8 Å². The summed E-state index contributed by atoms with van der Waals surface area (Å²) in [4.78, 5) is 3.88. The monoisotopic (exact) mass is 220 g/mol. The maximum Gasteiger partial charge on any atom is 0.0669 e. The maximum absolute atomic E-state index is 8.89. The van der Waals surface area contributed by atoms with Crippen molar-refractivity contribution in [2.45, 2.75) is 19.3 Å². The molecule has 2 nitrogen and oxygen atoms in total. The van der Waals surface area contributed by atoms with Gasteiger partial charge in [-0.3, -0.25) is 0 Å². The van der Waals surface area contributed by atoms with E-state index in [9.17, 15) is 0 Å². The van der Waals surface area contributed by atoms with Crippen molar-refractivity contribution in [3.05, 3.63) is 22.4 Å². The molecule has 0 N–H and O–H groups in total. The lowest BCUT2D eigenvalue weighted by Crippen LogP contribution is -2.36. The van der Waals surface area contributed by atoms with Crippen LogP contribution in [0.4, 0.5) is 0 Å². The van der Waals surface area contributed by atoms with Crippen LogP contribution in [0.3, 0.4) is 0 Å². The van der Waals surface area contributed by atoms with Crippen molar-refractivity contribution in [2.75, 3.05) is 19.6 Å². The normalized spacial score (nSPS) is 22.5. The van der Waals surface area contributed by atoms with E-state index in [-0.39, 0.29) is 5.92 Å². The lowest BCUT2D eigenvalue weighted by molar-refractivity contribution is 0.202. The summed E-state index contributed by atoms with van der Waals surface area (Å²) in [5.41, 5.74) is 0. The average Bonchev–Trinajstić information content (AvgIpc) is 2.79. The molecule has 3 heteroatoms. The van der Waals surface area contributed by atoms with Crippen LogP contribution < -0.4 is 0 Å². The Bertz CT molecular complexity index is 326. The van der Waals surface area contributed by atoms with Gasteiger partial charge in [0.1, 0.15) is 0 Å². The molecule has 1 aliphatic rings. The van der Waals surface area contributed by atoms with Crippen LogP contribution in [0.15, 0.2) is 17.5 Å². The molecule has 1 atom stereocenters. The summed E-state index contributed by atoms with van der Waals surface area (Å²) in [6.07, 6.45) is 3.41. The number of nitriles is 1. The number of likely N-dealkylation sites (tertiary alicyclic amines) is 1. The molecule has 0 radical (unpaired) electrons. The maximum atomic E-state index is 8.89. The fourth-order valence-electron chi connectivity index (χ4n) is 2.09. The summed E-state index contributed by atoms with van der Waals surface area (Å²) >= 11 is 1.83. The second-order valence-electron chi connectivity index (χ2n) is 4.10. The van der Waals surface area contributed by atoms with Crippen LogP contribution in [0.5, 0.6) is 0 Å². The predicted molar refractivity (Wildman–Crippen MR) is 62.8 cm³/mol. The van der Waals surface area contributed by atoms with Crippen molar-refractivity contribution in [2.24, 2.45) is 5.92 Å². The van der Waals surface area contributed by atoms with Crippen molar-refractivity contribution in [1.29, 1.82) is 5.26 Å². The van der Waals surface area contributed by atoms with Gasteiger partial charge in [-0.15, -0.1) is 11.3 Å². The van der Waals surface area contributed by atoms with E-state index >= 15 is 0 Å². The van der Waals surface area contributed by atoms with E-state index in [0.29, 0.717) is 0 Å². The third-order valence-corrected chi connectivity index (χ3v) is 3.88. The van der Waals surface area contributed by atoms with Crippen LogP contribution in [0.25, 0.3) is 0 Å². The zero-order valence-electron chi connectivity index (χ0n) is 8.85. The smallest absolute Gasteiger partial charge is 0.0669 e. The second kappa shape index (κ2) is 5.29.